The largest absolute Gasteiger partial charge is 0.378 e. The molecule has 0 saturated carbocycles. The second-order valence-electron chi connectivity index (χ2n) is 5.52. The summed E-state index contributed by atoms with van der Waals surface area (Å²) in [4.78, 5) is 19.4. The topological polar surface area (TPSA) is 78.5 Å². The number of para-hydroxylation sites is 1. The average molecular weight is 395 g/mol. The molecular formula is C16H18FN5O2S2. The molecular weight excluding hydrogens is 377 g/mol. The molecule has 0 radical (unpaired) electrons. The predicted molar refractivity (Wildman–Crippen MR) is 103 cm³/mol. The lowest BCUT2D eigenvalue weighted by atomic mass is 10.3. The van der Waals surface area contributed by atoms with Gasteiger partial charge in [-0.25, -0.2) is 9.37 Å². The van der Waals surface area contributed by atoms with Gasteiger partial charge in [-0.05, 0) is 31.3 Å². The van der Waals surface area contributed by atoms with Gasteiger partial charge in [-0.2, -0.15) is 0 Å². The van der Waals surface area contributed by atoms with Gasteiger partial charge < -0.3 is 15.0 Å². The standard InChI is InChI=1S/C16H18FN5O2S2/c1-10-13(26-16(18-10)22-6-8-24-9-7-22)14(23)20-21-15(25)19-12-5-3-2-4-11(12)17/h2-5H,6-9H2,1H3,(H,20,23)(H2,19,21,25). The number of anilines is 2. The summed E-state index contributed by atoms with van der Waals surface area (Å²) in [7, 11) is 0. The molecule has 2 aromatic rings. The molecule has 2 heterocycles. The molecule has 0 bridgehead atoms. The molecule has 138 valence electrons. The number of thiocarbonyl (C=S) groups is 1. The van der Waals surface area contributed by atoms with Crippen LogP contribution in [0.5, 0.6) is 0 Å². The van der Waals surface area contributed by atoms with E-state index in [-0.39, 0.29) is 16.7 Å². The number of rotatable bonds is 3. The van der Waals surface area contributed by atoms with Crippen molar-refractivity contribution in [1.82, 2.24) is 15.8 Å². The molecule has 1 fully saturated rings. The van der Waals surface area contributed by atoms with Crippen molar-refractivity contribution in [3.8, 4) is 0 Å². The van der Waals surface area contributed by atoms with Gasteiger partial charge in [0, 0.05) is 13.1 Å². The van der Waals surface area contributed by atoms with Gasteiger partial charge in [0.25, 0.3) is 5.91 Å². The number of halogens is 1. The molecule has 3 N–H and O–H groups in total. The minimum atomic E-state index is -0.434. The third kappa shape index (κ3) is 4.45. The van der Waals surface area contributed by atoms with Crippen LogP contribution in [0.4, 0.5) is 15.2 Å². The summed E-state index contributed by atoms with van der Waals surface area (Å²) in [6.07, 6.45) is 0. The van der Waals surface area contributed by atoms with E-state index in [0.717, 1.165) is 18.2 Å². The number of benzene rings is 1. The zero-order valence-corrected chi connectivity index (χ0v) is 15.7. The van der Waals surface area contributed by atoms with Gasteiger partial charge in [0.1, 0.15) is 10.7 Å². The van der Waals surface area contributed by atoms with Gasteiger partial charge in [0.2, 0.25) is 0 Å². The fourth-order valence-electron chi connectivity index (χ4n) is 2.37. The molecule has 1 aromatic carbocycles. The first-order valence-corrected chi connectivity index (χ1v) is 9.19. The first-order valence-electron chi connectivity index (χ1n) is 7.96. The van der Waals surface area contributed by atoms with Crippen LogP contribution in [0.15, 0.2) is 24.3 Å². The Morgan fingerprint density at radius 2 is 2.04 bits per heavy atom. The smallest absolute Gasteiger partial charge is 0.281 e. The minimum absolute atomic E-state index is 0.0824. The highest BCUT2D eigenvalue weighted by Gasteiger charge is 2.20. The summed E-state index contributed by atoms with van der Waals surface area (Å²) in [5, 5.41) is 3.56. The van der Waals surface area contributed by atoms with Crippen molar-refractivity contribution < 1.29 is 13.9 Å². The average Bonchev–Trinajstić information content (AvgIpc) is 3.04. The van der Waals surface area contributed by atoms with Crippen molar-refractivity contribution >= 4 is 45.4 Å². The summed E-state index contributed by atoms with van der Waals surface area (Å²) in [6, 6.07) is 6.13. The number of carbonyl (C=O) groups excluding carboxylic acids is 1. The fraction of sp³-hybridized carbons (Fsp3) is 0.312. The lowest BCUT2D eigenvalue weighted by molar-refractivity contribution is 0.0947. The Balaban J connectivity index is 1.57. The molecule has 26 heavy (non-hydrogen) atoms. The van der Waals surface area contributed by atoms with E-state index in [2.05, 4.69) is 26.1 Å². The number of carbonyl (C=O) groups is 1. The zero-order valence-electron chi connectivity index (χ0n) is 14.0. The van der Waals surface area contributed by atoms with Crippen LogP contribution in [0.3, 0.4) is 0 Å². The number of hydrogen-bond donors (Lipinski definition) is 3. The summed E-state index contributed by atoms with van der Waals surface area (Å²) >= 11 is 6.38. The highest BCUT2D eigenvalue weighted by Crippen LogP contribution is 2.26. The third-order valence-corrected chi connectivity index (χ3v) is 5.11. The SMILES string of the molecule is Cc1nc(N2CCOCC2)sc1C(=O)NNC(=S)Nc1ccccc1F. The van der Waals surface area contributed by atoms with Crippen molar-refractivity contribution in [2.24, 2.45) is 0 Å². The van der Waals surface area contributed by atoms with Crippen molar-refractivity contribution in [1.29, 1.82) is 0 Å². The Bertz CT molecular complexity index is 808. The van der Waals surface area contributed by atoms with E-state index >= 15 is 0 Å². The van der Waals surface area contributed by atoms with Gasteiger partial charge in [0.15, 0.2) is 10.2 Å². The number of amides is 1. The molecule has 1 saturated heterocycles. The quantitative estimate of drug-likeness (QED) is 0.542. The van der Waals surface area contributed by atoms with Gasteiger partial charge in [-0.3, -0.25) is 15.6 Å². The van der Waals surface area contributed by atoms with Crippen LogP contribution in [0, 0.1) is 12.7 Å². The number of nitrogens with one attached hydrogen (secondary N) is 3. The lowest BCUT2D eigenvalue weighted by Gasteiger charge is -2.25. The summed E-state index contributed by atoms with van der Waals surface area (Å²) in [6.45, 7) is 4.59. The van der Waals surface area contributed by atoms with Crippen LogP contribution in [0.1, 0.15) is 15.4 Å². The molecule has 0 aliphatic carbocycles. The highest BCUT2D eigenvalue weighted by molar-refractivity contribution is 7.80. The summed E-state index contributed by atoms with van der Waals surface area (Å²) in [5.74, 6) is -0.784. The van der Waals surface area contributed by atoms with Crippen LogP contribution in [0.2, 0.25) is 0 Å². The molecule has 0 unspecified atom stereocenters. The Kier molecular flexibility index (Phi) is 5.96. The van der Waals surface area contributed by atoms with E-state index in [1.807, 2.05) is 0 Å². The maximum absolute atomic E-state index is 13.6. The normalized spacial score (nSPS) is 14.0. The Morgan fingerprint density at radius 3 is 2.77 bits per heavy atom. The van der Waals surface area contributed by atoms with E-state index in [9.17, 15) is 9.18 Å². The van der Waals surface area contributed by atoms with Gasteiger partial charge in [0.05, 0.1) is 24.6 Å². The van der Waals surface area contributed by atoms with Gasteiger partial charge >= 0.3 is 0 Å². The van der Waals surface area contributed by atoms with Crippen LogP contribution < -0.4 is 21.1 Å². The van der Waals surface area contributed by atoms with E-state index in [4.69, 9.17) is 17.0 Å². The number of morpholine rings is 1. The van der Waals surface area contributed by atoms with Crippen LogP contribution in [-0.4, -0.2) is 42.3 Å². The summed E-state index contributed by atoms with van der Waals surface area (Å²) < 4.78 is 18.9. The van der Waals surface area contributed by atoms with E-state index in [0.29, 0.717) is 23.8 Å². The molecule has 1 aliphatic rings. The number of thiazole rings is 1. The number of hydrazine groups is 1. The lowest BCUT2D eigenvalue weighted by Crippen LogP contribution is -2.43. The van der Waals surface area contributed by atoms with Gasteiger partial charge in [-0.15, -0.1) is 0 Å². The second-order valence-corrected chi connectivity index (χ2v) is 6.91. The number of hydrogen-bond acceptors (Lipinski definition) is 6. The third-order valence-electron chi connectivity index (χ3n) is 3.68. The predicted octanol–water partition coefficient (Wildman–Crippen LogP) is 2.06. The minimum Gasteiger partial charge on any atom is -0.378 e. The molecule has 10 heteroatoms. The molecule has 3 rings (SSSR count). The Hall–Kier alpha value is -2.30. The molecule has 0 atom stereocenters. The molecule has 0 spiro atoms. The second kappa shape index (κ2) is 8.39. The van der Waals surface area contributed by atoms with Crippen LogP contribution >= 0.6 is 23.6 Å². The van der Waals surface area contributed by atoms with Crippen molar-refractivity contribution in [2.75, 3.05) is 36.5 Å². The van der Waals surface area contributed by atoms with Crippen molar-refractivity contribution in [2.45, 2.75) is 6.92 Å². The number of nitrogens with zero attached hydrogens (tertiary/aromatic N) is 2. The number of aryl methyl sites for hydroxylation is 1. The van der Waals surface area contributed by atoms with Crippen LogP contribution in [0.25, 0.3) is 0 Å². The van der Waals surface area contributed by atoms with Gasteiger partial charge in [-0.1, -0.05) is 23.5 Å². The van der Waals surface area contributed by atoms with Crippen molar-refractivity contribution in [3.05, 3.63) is 40.7 Å². The first-order chi connectivity index (χ1) is 12.5. The van der Waals surface area contributed by atoms with E-state index < -0.39 is 5.82 Å². The Labute approximate surface area is 159 Å². The van der Waals surface area contributed by atoms with E-state index in [1.54, 1.807) is 25.1 Å². The zero-order chi connectivity index (χ0) is 18.5. The fourth-order valence-corrected chi connectivity index (χ4v) is 3.54. The highest BCUT2D eigenvalue weighted by atomic mass is 32.1. The maximum Gasteiger partial charge on any atom is 0.281 e. The number of ether oxygens (including phenoxy) is 1. The molecule has 1 amide bonds. The molecule has 1 aliphatic heterocycles. The molecule has 1 aromatic heterocycles. The summed E-state index contributed by atoms with van der Waals surface area (Å²) in [5.41, 5.74) is 5.95. The van der Waals surface area contributed by atoms with Crippen LogP contribution in [-0.2, 0) is 4.74 Å². The number of aromatic nitrogens is 1. The van der Waals surface area contributed by atoms with E-state index in [1.165, 1.54) is 17.4 Å². The Morgan fingerprint density at radius 1 is 1.31 bits per heavy atom. The molecule has 7 nitrogen and oxygen atoms in total. The monoisotopic (exact) mass is 395 g/mol. The van der Waals surface area contributed by atoms with Crippen molar-refractivity contribution in [3.63, 3.8) is 0 Å². The first kappa shape index (κ1) is 18.5. The maximum atomic E-state index is 13.6.